The molecule has 1 saturated heterocycles. The van der Waals surface area contributed by atoms with Crippen molar-refractivity contribution in [2.24, 2.45) is 5.92 Å². The van der Waals surface area contributed by atoms with Crippen LogP contribution in [0.4, 0.5) is 4.79 Å². The third kappa shape index (κ3) is 4.81. The first-order valence-corrected chi connectivity index (χ1v) is 10.6. The number of rotatable bonds is 4. The van der Waals surface area contributed by atoms with Crippen molar-refractivity contribution >= 4 is 12.2 Å². The summed E-state index contributed by atoms with van der Waals surface area (Å²) in [5.74, 6) is 1.84. The molecule has 0 aromatic heterocycles. The average Bonchev–Trinajstić information content (AvgIpc) is 2.75. The van der Waals surface area contributed by atoms with Crippen LogP contribution < -0.4 is 10.1 Å². The number of aryl methyl sites for hydroxylation is 1. The van der Waals surface area contributed by atoms with Crippen molar-refractivity contribution in [1.82, 2.24) is 5.32 Å². The monoisotopic (exact) mass is 391 g/mol. The Balaban J connectivity index is 1.44. The number of methoxy groups -OCH3 is 1. The number of hydrogen-bond acceptors (Lipinski definition) is 3. The molecule has 0 unspecified atom stereocenters. The van der Waals surface area contributed by atoms with Gasteiger partial charge in [0.25, 0.3) is 0 Å². The predicted octanol–water partition coefficient (Wildman–Crippen LogP) is 5.12. The average molecular weight is 392 g/mol. The van der Waals surface area contributed by atoms with E-state index in [1.54, 1.807) is 7.11 Å². The van der Waals surface area contributed by atoms with Gasteiger partial charge >= 0.3 is 6.09 Å². The van der Waals surface area contributed by atoms with E-state index in [4.69, 9.17) is 9.47 Å². The molecule has 1 amide bonds. The SMILES string of the molecule is COc1ccccc1/C=C/[C@@H]1CCc2cc([C@H]3CCCOC(=O)NC3)ccc2C1. The van der Waals surface area contributed by atoms with Gasteiger partial charge in [-0.05, 0) is 60.8 Å². The fourth-order valence-electron chi connectivity index (χ4n) is 4.40. The van der Waals surface area contributed by atoms with Crippen LogP contribution in [0.15, 0.2) is 48.5 Å². The maximum Gasteiger partial charge on any atom is 0.407 e. The molecule has 152 valence electrons. The van der Waals surface area contributed by atoms with E-state index in [0.717, 1.165) is 43.4 Å². The summed E-state index contributed by atoms with van der Waals surface area (Å²) in [4.78, 5) is 11.5. The van der Waals surface area contributed by atoms with Crippen molar-refractivity contribution in [1.29, 1.82) is 0 Å². The molecule has 0 spiro atoms. The maximum absolute atomic E-state index is 11.5. The van der Waals surface area contributed by atoms with Crippen LogP contribution in [0.1, 0.15) is 47.4 Å². The fraction of sp³-hybridized carbons (Fsp3) is 0.400. The number of cyclic esters (lactones) is 1. The Morgan fingerprint density at radius 2 is 2.03 bits per heavy atom. The smallest absolute Gasteiger partial charge is 0.407 e. The molecule has 4 heteroatoms. The van der Waals surface area contributed by atoms with Gasteiger partial charge in [0.15, 0.2) is 0 Å². The van der Waals surface area contributed by atoms with Gasteiger partial charge in [-0.1, -0.05) is 48.6 Å². The lowest BCUT2D eigenvalue weighted by Crippen LogP contribution is -2.31. The summed E-state index contributed by atoms with van der Waals surface area (Å²) >= 11 is 0. The molecule has 2 atom stereocenters. The van der Waals surface area contributed by atoms with Crippen LogP contribution in [-0.4, -0.2) is 26.4 Å². The van der Waals surface area contributed by atoms with Crippen LogP contribution in [-0.2, 0) is 17.6 Å². The molecule has 1 aliphatic carbocycles. The van der Waals surface area contributed by atoms with E-state index in [1.165, 1.54) is 16.7 Å². The number of nitrogens with one attached hydrogen (secondary N) is 1. The number of carbonyl (C=O) groups excluding carboxylic acids is 1. The van der Waals surface area contributed by atoms with E-state index in [0.29, 0.717) is 25.0 Å². The van der Waals surface area contributed by atoms with Gasteiger partial charge < -0.3 is 14.8 Å². The van der Waals surface area contributed by atoms with Crippen molar-refractivity contribution in [3.8, 4) is 5.75 Å². The summed E-state index contributed by atoms with van der Waals surface area (Å²) < 4.78 is 10.5. The van der Waals surface area contributed by atoms with Crippen molar-refractivity contribution < 1.29 is 14.3 Å². The molecule has 0 saturated carbocycles. The minimum Gasteiger partial charge on any atom is -0.496 e. The van der Waals surface area contributed by atoms with E-state index >= 15 is 0 Å². The van der Waals surface area contributed by atoms with E-state index in [-0.39, 0.29) is 6.09 Å². The molecule has 0 radical (unpaired) electrons. The minimum absolute atomic E-state index is 0.294. The van der Waals surface area contributed by atoms with Crippen LogP contribution in [0, 0.1) is 5.92 Å². The molecule has 1 N–H and O–H groups in total. The Bertz CT molecular complexity index is 889. The summed E-state index contributed by atoms with van der Waals surface area (Å²) in [6.07, 6.45) is 9.55. The largest absolute Gasteiger partial charge is 0.496 e. The Hall–Kier alpha value is -2.75. The van der Waals surface area contributed by atoms with Gasteiger partial charge in [0, 0.05) is 18.0 Å². The number of carbonyl (C=O) groups is 1. The number of ether oxygens (including phenoxy) is 2. The van der Waals surface area contributed by atoms with Crippen LogP contribution >= 0.6 is 0 Å². The van der Waals surface area contributed by atoms with E-state index in [2.05, 4.69) is 41.7 Å². The molecule has 1 heterocycles. The van der Waals surface area contributed by atoms with Crippen molar-refractivity contribution in [3.05, 3.63) is 70.8 Å². The van der Waals surface area contributed by atoms with Crippen molar-refractivity contribution in [2.75, 3.05) is 20.3 Å². The molecular weight excluding hydrogens is 362 g/mol. The lowest BCUT2D eigenvalue weighted by molar-refractivity contribution is 0.136. The number of fused-ring (bicyclic) bond motifs is 1. The third-order valence-corrected chi connectivity index (χ3v) is 6.08. The third-order valence-electron chi connectivity index (χ3n) is 6.08. The quantitative estimate of drug-likeness (QED) is 0.787. The first kappa shape index (κ1) is 19.6. The fourth-order valence-corrected chi connectivity index (χ4v) is 4.40. The summed E-state index contributed by atoms with van der Waals surface area (Å²) in [6, 6.07) is 15.1. The van der Waals surface area contributed by atoms with Crippen LogP contribution in [0.5, 0.6) is 5.75 Å². The highest BCUT2D eigenvalue weighted by atomic mass is 16.5. The zero-order valence-electron chi connectivity index (χ0n) is 17.0. The van der Waals surface area contributed by atoms with Gasteiger partial charge in [-0.25, -0.2) is 4.79 Å². The lowest BCUT2D eigenvalue weighted by Gasteiger charge is -2.26. The van der Waals surface area contributed by atoms with Crippen LogP contribution in [0.25, 0.3) is 6.08 Å². The maximum atomic E-state index is 11.5. The second-order valence-corrected chi connectivity index (χ2v) is 7.99. The number of hydrogen-bond donors (Lipinski definition) is 1. The normalized spacial score (nSPS) is 22.2. The Morgan fingerprint density at radius 1 is 1.14 bits per heavy atom. The summed E-state index contributed by atoms with van der Waals surface area (Å²) in [7, 11) is 1.72. The number of benzene rings is 2. The molecule has 29 heavy (non-hydrogen) atoms. The molecule has 1 fully saturated rings. The van der Waals surface area contributed by atoms with Gasteiger partial charge in [0.2, 0.25) is 0 Å². The molecular formula is C25H29NO3. The highest BCUT2D eigenvalue weighted by Gasteiger charge is 2.21. The van der Waals surface area contributed by atoms with Crippen LogP contribution in [0.2, 0.25) is 0 Å². The predicted molar refractivity (Wildman–Crippen MR) is 115 cm³/mol. The summed E-state index contributed by atoms with van der Waals surface area (Å²) in [5.41, 5.74) is 5.39. The molecule has 4 rings (SSSR count). The van der Waals surface area contributed by atoms with Crippen molar-refractivity contribution in [2.45, 2.75) is 38.0 Å². The van der Waals surface area contributed by atoms with Gasteiger partial charge in [-0.15, -0.1) is 0 Å². The molecule has 2 aromatic carbocycles. The Morgan fingerprint density at radius 3 is 2.93 bits per heavy atom. The van der Waals surface area contributed by atoms with Gasteiger partial charge in [-0.2, -0.15) is 0 Å². The van der Waals surface area contributed by atoms with Crippen molar-refractivity contribution in [3.63, 3.8) is 0 Å². The number of allylic oxidation sites excluding steroid dienone is 1. The van der Waals surface area contributed by atoms with E-state index in [1.807, 2.05) is 18.2 Å². The van der Waals surface area contributed by atoms with E-state index < -0.39 is 0 Å². The second-order valence-electron chi connectivity index (χ2n) is 7.99. The molecule has 0 bridgehead atoms. The van der Waals surface area contributed by atoms with Gasteiger partial charge in [0.05, 0.1) is 13.7 Å². The van der Waals surface area contributed by atoms with E-state index in [9.17, 15) is 4.79 Å². The topological polar surface area (TPSA) is 47.6 Å². The summed E-state index contributed by atoms with van der Waals surface area (Å²) in [6.45, 7) is 1.16. The van der Waals surface area contributed by atoms with Gasteiger partial charge in [-0.3, -0.25) is 0 Å². The molecule has 4 nitrogen and oxygen atoms in total. The minimum atomic E-state index is -0.294. The molecule has 1 aliphatic heterocycles. The molecule has 2 aromatic rings. The number of alkyl carbamates (subject to hydrolysis) is 1. The first-order chi connectivity index (χ1) is 14.2. The Kier molecular flexibility index (Phi) is 6.18. The summed E-state index contributed by atoms with van der Waals surface area (Å²) in [5, 5.41) is 2.88. The number of para-hydroxylation sites is 1. The molecule has 2 aliphatic rings. The zero-order chi connectivity index (χ0) is 20.1. The Labute approximate surface area is 172 Å². The lowest BCUT2D eigenvalue weighted by atomic mass is 9.81. The highest BCUT2D eigenvalue weighted by molar-refractivity contribution is 5.67. The first-order valence-electron chi connectivity index (χ1n) is 10.6. The second kappa shape index (κ2) is 9.17. The number of amides is 1. The standard InChI is InChI=1S/C25H29NO3/c1-28-24-7-3-2-5-19(24)10-8-18-9-11-21-16-22(13-12-20(21)15-18)23-6-4-14-29-25(27)26-17-23/h2-3,5,7-8,10,12-13,16,18,23H,4,6,9,11,14-15,17H2,1H3,(H,26,27)/b10-8+/t18-,23+/m1/s1. The van der Waals surface area contributed by atoms with Gasteiger partial charge in [0.1, 0.15) is 5.75 Å². The highest BCUT2D eigenvalue weighted by Crippen LogP contribution is 2.31. The van der Waals surface area contributed by atoms with Crippen LogP contribution in [0.3, 0.4) is 0 Å². The zero-order valence-corrected chi connectivity index (χ0v) is 17.0.